The number of benzene rings is 1. The molecule has 19 heavy (non-hydrogen) atoms. The van der Waals surface area contributed by atoms with Crippen LogP contribution in [0.15, 0.2) is 24.3 Å². The van der Waals surface area contributed by atoms with Crippen LogP contribution in [0.5, 0.6) is 0 Å². The summed E-state index contributed by atoms with van der Waals surface area (Å²) in [5, 5.41) is 13.3. The fourth-order valence-corrected chi connectivity index (χ4v) is 1.54. The molecular weight excluding hydrogens is 255 g/mol. The number of carboxylic acid groups (broad SMARTS) is 1. The van der Waals surface area contributed by atoms with Crippen molar-refractivity contribution in [2.45, 2.75) is 26.3 Å². The molecule has 5 nitrogen and oxygen atoms in total. The molecule has 0 heterocycles. The van der Waals surface area contributed by atoms with Crippen LogP contribution >= 0.6 is 0 Å². The molecule has 1 aromatic rings. The molecule has 0 unspecified atom stereocenters. The molecule has 0 aliphatic heterocycles. The standard InChI is InChI=1S/C13H18N2O3.Na/c1-8(2)12(13(17)18)15-11(16)7-9-3-5-10(14)6-4-9;/h3-6,8,12H,7,14H2,1-2H3,(H,15,16)(H,17,18);/q;+1/p-1/t12-;/m0./s1. The summed E-state index contributed by atoms with van der Waals surface area (Å²) in [5.41, 5.74) is 6.93. The molecule has 1 atom stereocenters. The van der Waals surface area contributed by atoms with Crippen molar-refractivity contribution >= 4 is 17.6 Å². The first-order valence-corrected chi connectivity index (χ1v) is 5.74. The van der Waals surface area contributed by atoms with Crippen molar-refractivity contribution in [3.05, 3.63) is 29.8 Å². The molecule has 0 spiro atoms. The zero-order valence-corrected chi connectivity index (χ0v) is 13.5. The van der Waals surface area contributed by atoms with Crippen molar-refractivity contribution in [2.24, 2.45) is 5.92 Å². The molecule has 1 aromatic carbocycles. The molecule has 0 bridgehead atoms. The number of anilines is 1. The molecule has 1 rings (SSSR count). The minimum absolute atomic E-state index is 0. The number of hydrogen-bond donors (Lipinski definition) is 2. The molecule has 6 heteroatoms. The van der Waals surface area contributed by atoms with Crippen LogP contribution in [-0.4, -0.2) is 17.9 Å². The van der Waals surface area contributed by atoms with Crippen LogP contribution < -0.4 is 45.7 Å². The van der Waals surface area contributed by atoms with Gasteiger partial charge < -0.3 is 21.0 Å². The first-order chi connectivity index (χ1) is 8.40. The van der Waals surface area contributed by atoms with E-state index in [4.69, 9.17) is 5.73 Å². The van der Waals surface area contributed by atoms with Crippen LogP contribution in [0.2, 0.25) is 0 Å². The molecule has 0 aliphatic carbocycles. The van der Waals surface area contributed by atoms with Crippen LogP contribution in [-0.2, 0) is 16.0 Å². The van der Waals surface area contributed by atoms with Crippen LogP contribution in [0.3, 0.4) is 0 Å². The second-order valence-corrected chi connectivity index (χ2v) is 4.53. The van der Waals surface area contributed by atoms with Crippen LogP contribution in [0.25, 0.3) is 0 Å². The van der Waals surface area contributed by atoms with Gasteiger partial charge in [0.05, 0.1) is 18.4 Å². The number of amides is 1. The van der Waals surface area contributed by atoms with Gasteiger partial charge in [-0.05, 0) is 23.6 Å². The number of nitrogen functional groups attached to an aromatic ring is 1. The monoisotopic (exact) mass is 272 g/mol. The second-order valence-electron chi connectivity index (χ2n) is 4.53. The Kier molecular flexibility index (Phi) is 7.75. The van der Waals surface area contributed by atoms with Gasteiger partial charge in [0.15, 0.2) is 0 Å². The Morgan fingerprint density at radius 1 is 1.26 bits per heavy atom. The average molecular weight is 272 g/mol. The third kappa shape index (κ3) is 6.09. The maximum atomic E-state index is 11.7. The minimum atomic E-state index is -1.27. The van der Waals surface area contributed by atoms with Gasteiger partial charge in [-0.15, -0.1) is 0 Å². The van der Waals surface area contributed by atoms with Crippen LogP contribution in [0.4, 0.5) is 5.69 Å². The summed E-state index contributed by atoms with van der Waals surface area (Å²) in [7, 11) is 0. The van der Waals surface area contributed by atoms with Crippen molar-refractivity contribution in [2.75, 3.05) is 5.73 Å². The maximum absolute atomic E-state index is 11.7. The fraction of sp³-hybridized carbons (Fsp3) is 0.385. The Balaban J connectivity index is 0.00000324. The SMILES string of the molecule is CC(C)[C@H](NC(=O)Cc1ccc(N)cc1)C(=O)[O-].[Na+]. The molecular formula is C13H17N2NaO3. The van der Waals surface area contributed by atoms with E-state index in [-0.39, 0.29) is 47.8 Å². The number of nitrogens with one attached hydrogen (secondary N) is 1. The predicted octanol–water partition coefficient (Wildman–Crippen LogP) is -3.29. The van der Waals surface area contributed by atoms with E-state index in [0.29, 0.717) is 5.69 Å². The van der Waals surface area contributed by atoms with Gasteiger partial charge in [0.1, 0.15) is 0 Å². The molecule has 0 saturated heterocycles. The van der Waals surface area contributed by atoms with Gasteiger partial charge in [-0.3, -0.25) is 4.79 Å². The third-order valence-electron chi connectivity index (χ3n) is 2.58. The van der Waals surface area contributed by atoms with E-state index < -0.39 is 12.0 Å². The Morgan fingerprint density at radius 2 is 1.79 bits per heavy atom. The molecule has 0 aromatic heterocycles. The summed E-state index contributed by atoms with van der Waals surface area (Å²) < 4.78 is 0. The number of carbonyl (C=O) groups excluding carboxylic acids is 2. The Bertz CT molecular complexity index is 432. The van der Waals surface area contributed by atoms with Gasteiger partial charge in [-0.1, -0.05) is 26.0 Å². The molecule has 0 saturated carbocycles. The number of carbonyl (C=O) groups is 2. The van der Waals surface area contributed by atoms with E-state index in [2.05, 4.69) is 5.32 Å². The quantitative estimate of drug-likeness (QED) is 0.434. The van der Waals surface area contributed by atoms with Gasteiger partial charge >= 0.3 is 29.6 Å². The van der Waals surface area contributed by atoms with Gasteiger partial charge in [0.25, 0.3) is 0 Å². The summed E-state index contributed by atoms with van der Waals surface area (Å²) in [6.07, 6.45) is 0.122. The number of aliphatic carboxylic acids is 1. The largest absolute Gasteiger partial charge is 1.00 e. The van der Waals surface area contributed by atoms with E-state index in [1.807, 2.05) is 0 Å². The van der Waals surface area contributed by atoms with Crippen molar-refractivity contribution in [3.63, 3.8) is 0 Å². The fourth-order valence-electron chi connectivity index (χ4n) is 1.54. The van der Waals surface area contributed by atoms with Crippen LogP contribution in [0, 0.1) is 5.92 Å². The van der Waals surface area contributed by atoms with E-state index in [1.165, 1.54) is 0 Å². The molecule has 0 aliphatic rings. The summed E-state index contributed by atoms with van der Waals surface area (Å²) in [4.78, 5) is 22.5. The van der Waals surface area contributed by atoms with E-state index in [0.717, 1.165) is 5.56 Å². The molecule has 3 N–H and O–H groups in total. The zero-order valence-electron chi connectivity index (χ0n) is 11.5. The number of rotatable bonds is 5. The molecule has 0 radical (unpaired) electrons. The summed E-state index contributed by atoms with van der Waals surface area (Å²) in [5.74, 6) is -1.83. The van der Waals surface area contributed by atoms with Crippen molar-refractivity contribution in [3.8, 4) is 0 Å². The van der Waals surface area contributed by atoms with Gasteiger partial charge in [-0.2, -0.15) is 0 Å². The molecule has 0 fully saturated rings. The van der Waals surface area contributed by atoms with Gasteiger partial charge in [0.2, 0.25) is 5.91 Å². The maximum Gasteiger partial charge on any atom is 1.00 e. The van der Waals surface area contributed by atoms with Crippen molar-refractivity contribution in [1.29, 1.82) is 0 Å². The summed E-state index contributed by atoms with van der Waals surface area (Å²) in [6, 6.07) is 5.89. The zero-order chi connectivity index (χ0) is 13.7. The molecule has 98 valence electrons. The summed E-state index contributed by atoms with van der Waals surface area (Å²) in [6.45, 7) is 3.42. The van der Waals surface area contributed by atoms with Gasteiger partial charge in [-0.25, -0.2) is 0 Å². The topological polar surface area (TPSA) is 95.2 Å². The number of nitrogens with two attached hydrogens (primary N) is 1. The third-order valence-corrected chi connectivity index (χ3v) is 2.58. The normalized spacial score (nSPS) is 11.5. The van der Waals surface area contributed by atoms with Crippen molar-refractivity contribution in [1.82, 2.24) is 5.32 Å². The van der Waals surface area contributed by atoms with E-state index >= 15 is 0 Å². The predicted molar refractivity (Wildman–Crippen MR) is 66.3 cm³/mol. The smallest absolute Gasteiger partial charge is 0.548 e. The second kappa shape index (κ2) is 8.19. The van der Waals surface area contributed by atoms with Gasteiger partial charge in [0, 0.05) is 5.69 Å². The first-order valence-electron chi connectivity index (χ1n) is 5.74. The number of hydrogen-bond acceptors (Lipinski definition) is 4. The minimum Gasteiger partial charge on any atom is -0.548 e. The molecule has 1 amide bonds. The Morgan fingerprint density at radius 3 is 2.21 bits per heavy atom. The van der Waals surface area contributed by atoms with E-state index in [9.17, 15) is 14.7 Å². The summed E-state index contributed by atoms with van der Waals surface area (Å²) >= 11 is 0. The average Bonchev–Trinajstić information content (AvgIpc) is 2.28. The van der Waals surface area contributed by atoms with E-state index in [1.54, 1.807) is 38.1 Å². The number of carboxylic acids is 1. The Labute approximate surface area is 134 Å². The first kappa shape index (κ1) is 18.0. The van der Waals surface area contributed by atoms with Crippen LogP contribution in [0.1, 0.15) is 19.4 Å². The Hall–Kier alpha value is -1.04. The van der Waals surface area contributed by atoms with Crippen molar-refractivity contribution < 1.29 is 44.3 Å².